The van der Waals surface area contributed by atoms with Crippen molar-refractivity contribution in [2.75, 3.05) is 11.1 Å². The summed E-state index contributed by atoms with van der Waals surface area (Å²) in [5.74, 6) is -0.0335. The first-order chi connectivity index (χ1) is 7.08. The van der Waals surface area contributed by atoms with E-state index >= 15 is 0 Å². The van der Waals surface area contributed by atoms with Gasteiger partial charge in [0.2, 0.25) is 5.91 Å². The molecule has 2 atom stereocenters. The average molecular weight is 289 g/mol. The van der Waals surface area contributed by atoms with Gasteiger partial charge in [-0.25, -0.2) is 4.98 Å². The molecular weight excluding hydrogens is 280 g/mol. The van der Waals surface area contributed by atoms with E-state index in [-0.39, 0.29) is 11.8 Å². The molecule has 1 aliphatic heterocycles. The standard InChI is InChI=1S/C9H9BrN2O2S/c1-5-4-15(14)9-7(12-8(5)13)2-6(10)3-11-9/h2-3,5H,4H2,1H3,(H,12,13). The molecule has 0 aliphatic carbocycles. The number of anilines is 1. The van der Waals surface area contributed by atoms with Crippen molar-refractivity contribution in [2.24, 2.45) is 5.92 Å². The maximum Gasteiger partial charge on any atom is 0.228 e. The van der Waals surface area contributed by atoms with Gasteiger partial charge in [0.1, 0.15) is 0 Å². The second kappa shape index (κ2) is 4.02. The minimum Gasteiger partial charge on any atom is -0.323 e. The lowest BCUT2D eigenvalue weighted by atomic mass is 10.2. The molecule has 6 heteroatoms. The number of hydrogen-bond donors (Lipinski definition) is 1. The van der Waals surface area contributed by atoms with Crippen LogP contribution in [0.3, 0.4) is 0 Å². The number of hydrogen-bond acceptors (Lipinski definition) is 3. The van der Waals surface area contributed by atoms with E-state index in [1.165, 1.54) is 0 Å². The highest BCUT2D eigenvalue weighted by Gasteiger charge is 2.25. The van der Waals surface area contributed by atoms with Gasteiger partial charge in [0, 0.05) is 22.3 Å². The van der Waals surface area contributed by atoms with Gasteiger partial charge in [-0.2, -0.15) is 0 Å². The number of amides is 1. The largest absolute Gasteiger partial charge is 0.323 e. The summed E-state index contributed by atoms with van der Waals surface area (Å²) < 4.78 is 12.6. The predicted molar refractivity (Wildman–Crippen MR) is 61.0 cm³/mol. The van der Waals surface area contributed by atoms with Gasteiger partial charge < -0.3 is 5.32 Å². The Morgan fingerprint density at radius 3 is 3.13 bits per heavy atom. The van der Waals surface area contributed by atoms with Crippen molar-refractivity contribution in [1.29, 1.82) is 0 Å². The summed E-state index contributed by atoms with van der Waals surface area (Å²) >= 11 is 3.26. The van der Waals surface area contributed by atoms with Crippen LogP contribution in [-0.2, 0) is 15.6 Å². The van der Waals surface area contributed by atoms with Gasteiger partial charge in [0.15, 0.2) is 5.03 Å². The topological polar surface area (TPSA) is 59.1 Å². The number of nitrogens with one attached hydrogen (secondary N) is 1. The normalized spacial score (nSPS) is 25.3. The Morgan fingerprint density at radius 1 is 1.67 bits per heavy atom. The molecule has 0 radical (unpaired) electrons. The predicted octanol–water partition coefficient (Wildman–Crippen LogP) is 1.54. The van der Waals surface area contributed by atoms with Crippen molar-refractivity contribution in [3.63, 3.8) is 0 Å². The summed E-state index contributed by atoms with van der Waals surface area (Å²) in [5.41, 5.74) is 0.539. The van der Waals surface area contributed by atoms with E-state index in [0.717, 1.165) is 4.47 Å². The van der Waals surface area contributed by atoms with Crippen molar-refractivity contribution < 1.29 is 9.00 Å². The highest BCUT2D eigenvalue weighted by Crippen LogP contribution is 2.25. The molecule has 0 aromatic carbocycles. The number of aromatic nitrogens is 1. The molecule has 80 valence electrons. The maximum absolute atomic E-state index is 11.8. The summed E-state index contributed by atoms with van der Waals surface area (Å²) in [6, 6.07) is 1.72. The SMILES string of the molecule is CC1CS(=O)c2ncc(Br)cc2NC1=O. The lowest BCUT2D eigenvalue weighted by molar-refractivity contribution is -0.118. The van der Waals surface area contributed by atoms with E-state index in [9.17, 15) is 9.00 Å². The lowest BCUT2D eigenvalue weighted by Crippen LogP contribution is -2.21. The molecule has 2 rings (SSSR count). The number of nitrogens with zero attached hydrogens (tertiary/aromatic N) is 1. The van der Waals surface area contributed by atoms with E-state index in [1.54, 1.807) is 19.2 Å². The zero-order chi connectivity index (χ0) is 11.0. The van der Waals surface area contributed by atoms with Crippen molar-refractivity contribution in [3.05, 3.63) is 16.7 Å². The van der Waals surface area contributed by atoms with E-state index in [4.69, 9.17) is 0 Å². The minimum atomic E-state index is -1.21. The zero-order valence-electron chi connectivity index (χ0n) is 7.99. The molecule has 0 saturated carbocycles. The average Bonchev–Trinajstić information content (AvgIpc) is 2.25. The summed E-state index contributed by atoms with van der Waals surface area (Å²) in [6.45, 7) is 1.76. The first-order valence-corrected chi connectivity index (χ1v) is 6.54. The molecule has 1 N–H and O–H groups in total. The molecule has 0 fully saturated rings. The van der Waals surface area contributed by atoms with Gasteiger partial charge in [-0.1, -0.05) is 6.92 Å². The molecule has 4 nitrogen and oxygen atoms in total. The Balaban J connectivity index is 2.51. The monoisotopic (exact) mass is 288 g/mol. The fourth-order valence-corrected chi connectivity index (χ4v) is 2.96. The molecule has 0 spiro atoms. The fourth-order valence-electron chi connectivity index (χ4n) is 1.34. The van der Waals surface area contributed by atoms with Crippen LogP contribution in [0, 0.1) is 5.92 Å². The van der Waals surface area contributed by atoms with Crippen LogP contribution >= 0.6 is 15.9 Å². The lowest BCUT2D eigenvalue weighted by Gasteiger charge is -2.05. The summed E-state index contributed by atoms with van der Waals surface area (Å²) in [7, 11) is -1.21. The highest BCUT2D eigenvalue weighted by atomic mass is 79.9. The Labute approximate surface area is 98.1 Å². The fraction of sp³-hybridized carbons (Fsp3) is 0.333. The van der Waals surface area contributed by atoms with E-state index in [2.05, 4.69) is 26.2 Å². The summed E-state index contributed by atoms with van der Waals surface area (Å²) in [4.78, 5) is 15.6. The van der Waals surface area contributed by atoms with Crippen LogP contribution in [0.2, 0.25) is 0 Å². The number of fused-ring (bicyclic) bond motifs is 1. The van der Waals surface area contributed by atoms with E-state index < -0.39 is 10.8 Å². The molecule has 1 aliphatic rings. The van der Waals surface area contributed by atoms with Gasteiger partial charge in [-0.15, -0.1) is 0 Å². The minimum absolute atomic E-state index is 0.109. The Hall–Kier alpha value is -0.750. The third-order valence-electron chi connectivity index (χ3n) is 2.14. The van der Waals surface area contributed by atoms with Crippen molar-refractivity contribution in [2.45, 2.75) is 11.9 Å². The van der Waals surface area contributed by atoms with Crippen LogP contribution in [0.15, 0.2) is 21.8 Å². The smallest absolute Gasteiger partial charge is 0.228 e. The first-order valence-electron chi connectivity index (χ1n) is 4.42. The number of carbonyl (C=O) groups is 1. The number of pyridine rings is 1. The number of rotatable bonds is 0. The maximum atomic E-state index is 11.8. The highest BCUT2D eigenvalue weighted by molar-refractivity contribution is 9.10. The molecule has 0 bridgehead atoms. The summed E-state index contributed by atoms with van der Waals surface area (Å²) in [5, 5.41) is 3.17. The quantitative estimate of drug-likeness (QED) is 0.788. The Kier molecular flexibility index (Phi) is 2.88. The molecule has 2 heterocycles. The van der Waals surface area contributed by atoms with E-state index in [0.29, 0.717) is 16.5 Å². The van der Waals surface area contributed by atoms with Crippen LogP contribution in [-0.4, -0.2) is 20.9 Å². The zero-order valence-corrected chi connectivity index (χ0v) is 10.4. The van der Waals surface area contributed by atoms with Crippen LogP contribution < -0.4 is 5.32 Å². The third-order valence-corrected chi connectivity index (χ3v) is 4.13. The molecule has 1 aromatic rings. The van der Waals surface area contributed by atoms with Gasteiger partial charge in [0.25, 0.3) is 0 Å². The molecule has 1 amide bonds. The van der Waals surface area contributed by atoms with E-state index in [1.807, 2.05) is 0 Å². The molecule has 15 heavy (non-hydrogen) atoms. The van der Waals surface area contributed by atoms with Crippen LogP contribution in [0.25, 0.3) is 0 Å². The number of carbonyl (C=O) groups excluding carboxylic acids is 1. The second-order valence-electron chi connectivity index (χ2n) is 3.41. The molecular formula is C9H9BrN2O2S. The van der Waals surface area contributed by atoms with Crippen molar-refractivity contribution >= 4 is 38.3 Å². The Morgan fingerprint density at radius 2 is 2.40 bits per heavy atom. The second-order valence-corrected chi connectivity index (χ2v) is 5.74. The van der Waals surface area contributed by atoms with Crippen molar-refractivity contribution in [1.82, 2.24) is 4.98 Å². The molecule has 2 unspecified atom stereocenters. The Bertz CT molecular complexity index is 450. The third kappa shape index (κ3) is 2.10. The van der Waals surface area contributed by atoms with Crippen LogP contribution in [0.5, 0.6) is 0 Å². The molecule has 1 aromatic heterocycles. The molecule has 0 saturated heterocycles. The van der Waals surface area contributed by atoms with Gasteiger partial charge in [-0.3, -0.25) is 9.00 Å². The van der Waals surface area contributed by atoms with Gasteiger partial charge in [-0.05, 0) is 22.0 Å². The number of halogens is 1. The van der Waals surface area contributed by atoms with Gasteiger partial charge in [0.05, 0.1) is 16.5 Å². The van der Waals surface area contributed by atoms with Crippen molar-refractivity contribution in [3.8, 4) is 0 Å². The van der Waals surface area contributed by atoms with Crippen LogP contribution in [0.1, 0.15) is 6.92 Å². The van der Waals surface area contributed by atoms with Gasteiger partial charge >= 0.3 is 0 Å². The van der Waals surface area contributed by atoms with Crippen LogP contribution in [0.4, 0.5) is 5.69 Å². The first kappa shape index (κ1) is 10.8. The summed E-state index contributed by atoms with van der Waals surface area (Å²) in [6.07, 6.45) is 1.58.